The van der Waals surface area contributed by atoms with Crippen LogP contribution in [0.15, 0.2) is 53.6 Å². The molecule has 0 aliphatic heterocycles. The summed E-state index contributed by atoms with van der Waals surface area (Å²) in [5.41, 5.74) is 6.57. The molecule has 2 rings (SSSR count). The van der Waals surface area contributed by atoms with E-state index in [1.807, 2.05) is 55.5 Å². The van der Waals surface area contributed by atoms with Gasteiger partial charge in [0.15, 0.2) is 5.11 Å². The largest absolute Gasteiger partial charge is 0.496 e. The number of hydrogen-bond acceptors (Lipinski definition) is 5. The van der Waals surface area contributed by atoms with Crippen molar-refractivity contribution < 1.29 is 14.6 Å². The number of carboxylic acids is 1. The minimum absolute atomic E-state index is 0.0450. The maximum atomic E-state index is 10.7. The fourth-order valence-corrected chi connectivity index (χ4v) is 3.22. The Morgan fingerprint density at radius 2 is 2.00 bits per heavy atom. The molecule has 8 heteroatoms. The van der Waals surface area contributed by atoms with Crippen LogP contribution in [-0.2, 0) is 17.1 Å². The molecule has 0 bridgehead atoms. The van der Waals surface area contributed by atoms with E-state index in [1.54, 1.807) is 7.11 Å². The number of benzene rings is 2. The van der Waals surface area contributed by atoms with E-state index in [4.69, 9.17) is 22.1 Å². The van der Waals surface area contributed by atoms with Gasteiger partial charge in [0, 0.05) is 17.9 Å². The molecule has 0 saturated heterocycles. The lowest BCUT2D eigenvalue weighted by Crippen LogP contribution is -2.32. The second kappa shape index (κ2) is 11.3. The molecule has 0 spiro atoms. The predicted octanol–water partition coefficient (Wildman–Crippen LogP) is 3.40. The second-order valence-corrected chi connectivity index (χ2v) is 7.28. The predicted molar refractivity (Wildman–Crippen MR) is 118 cm³/mol. The first-order chi connectivity index (χ1) is 13.5. The number of ether oxygens (including phenoxy) is 1. The standard InChI is InChI=1S/C20H23N3O3S2/c1-14(22-23-20(27)21-11-15-6-4-3-5-7-15)16-8-9-18(26-2)17(10-16)12-28-13-19(24)25/h3-10H,11-13H2,1-2H3,(H,24,25)(H2,21,23,27)/b22-14-. The number of nitrogens with one attached hydrogen (secondary N) is 2. The molecule has 2 aromatic rings. The van der Waals surface area contributed by atoms with Crippen LogP contribution < -0.4 is 15.5 Å². The van der Waals surface area contributed by atoms with Gasteiger partial charge >= 0.3 is 5.97 Å². The van der Waals surface area contributed by atoms with Crippen LogP contribution in [0.1, 0.15) is 23.6 Å². The van der Waals surface area contributed by atoms with Crippen molar-refractivity contribution >= 4 is 40.8 Å². The van der Waals surface area contributed by atoms with E-state index < -0.39 is 5.97 Å². The second-order valence-electron chi connectivity index (χ2n) is 5.89. The molecule has 148 valence electrons. The molecule has 0 aromatic heterocycles. The van der Waals surface area contributed by atoms with Crippen LogP contribution in [0, 0.1) is 0 Å². The Morgan fingerprint density at radius 3 is 2.68 bits per heavy atom. The fraction of sp³-hybridized carbons (Fsp3) is 0.250. The number of thiocarbonyl (C=S) groups is 1. The van der Waals surface area contributed by atoms with Crippen LogP contribution in [-0.4, -0.2) is 34.8 Å². The highest BCUT2D eigenvalue weighted by molar-refractivity contribution is 7.99. The summed E-state index contributed by atoms with van der Waals surface area (Å²) in [6, 6.07) is 15.7. The van der Waals surface area contributed by atoms with Crippen molar-refractivity contribution in [3.05, 3.63) is 65.2 Å². The van der Waals surface area contributed by atoms with Crippen molar-refractivity contribution in [2.45, 2.75) is 19.2 Å². The molecule has 2 aromatic carbocycles. The first kappa shape index (κ1) is 21.7. The third-order valence-electron chi connectivity index (χ3n) is 3.80. The van der Waals surface area contributed by atoms with Crippen molar-refractivity contribution in [3.63, 3.8) is 0 Å². The normalized spacial score (nSPS) is 11.0. The summed E-state index contributed by atoms with van der Waals surface area (Å²) in [5, 5.41) is 16.7. The summed E-state index contributed by atoms with van der Waals surface area (Å²) in [6.07, 6.45) is 0. The van der Waals surface area contributed by atoms with Gasteiger partial charge in [-0.2, -0.15) is 5.10 Å². The zero-order chi connectivity index (χ0) is 20.4. The van der Waals surface area contributed by atoms with E-state index in [9.17, 15) is 4.79 Å². The van der Waals surface area contributed by atoms with Gasteiger partial charge in [-0.1, -0.05) is 30.3 Å². The topological polar surface area (TPSA) is 83.0 Å². The van der Waals surface area contributed by atoms with E-state index in [2.05, 4.69) is 15.8 Å². The Balaban J connectivity index is 1.96. The maximum absolute atomic E-state index is 10.7. The summed E-state index contributed by atoms with van der Waals surface area (Å²) in [4.78, 5) is 10.7. The molecule has 0 amide bonds. The SMILES string of the molecule is COc1ccc(/C(C)=N\NC(=S)NCc2ccccc2)cc1CSCC(=O)O. The highest BCUT2D eigenvalue weighted by atomic mass is 32.2. The summed E-state index contributed by atoms with van der Waals surface area (Å²) in [6.45, 7) is 2.50. The van der Waals surface area contributed by atoms with Crippen molar-refractivity contribution in [1.29, 1.82) is 0 Å². The van der Waals surface area contributed by atoms with Gasteiger partial charge in [0.2, 0.25) is 0 Å². The van der Waals surface area contributed by atoms with Crippen molar-refractivity contribution in [2.75, 3.05) is 12.9 Å². The molecular formula is C20H23N3O3S2. The lowest BCUT2D eigenvalue weighted by atomic mass is 10.1. The third-order valence-corrected chi connectivity index (χ3v) is 5.00. The van der Waals surface area contributed by atoms with Gasteiger partial charge < -0.3 is 15.2 Å². The van der Waals surface area contributed by atoms with Gasteiger partial charge in [0.1, 0.15) is 5.75 Å². The molecule has 0 atom stereocenters. The van der Waals surface area contributed by atoms with Crippen molar-refractivity contribution in [1.82, 2.24) is 10.7 Å². The summed E-state index contributed by atoms with van der Waals surface area (Å²) in [5.74, 6) is 0.478. The van der Waals surface area contributed by atoms with E-state index in [1.165, 1.54) is 11.8 Å². The minimum atomic E-state index is -0.835. The number of thioether (sulfide) groups is 1. The summed E-state index contributed by atoms with van der Waals surface area (Å²) >= 11 is 6.58. The van der Waals surface area contributed by atoms with Crippen LogP contribution in [0.2, 0.25) is 0 Å². The zero-order valence-corrected chi connectivity index (χ0v) is 17.4. The van der Waals surface area contributed by atoms with Gasteiger partial charge in [-0.3, -0.25) is 10.2 Å². The zero-order valence-electron chi connectivity index (χ0n) is 15.8. The highest BCUT2D eigenvalue weighted by Gasteiger charge is 2.08. The van der Waals surface area contributed by atoms with Gasteiger partial charge in [-0.15, -0.1) is 11.8 Å². The van der Waals surface area contributed by atoms with Gasteiger partial charge in [0.25, 0.3) is 0 Å². The smallest absolute Gasteiger partial charge is 0.313 e. The lowest BCUT2D eigenvalue weighted by molar-refractivity contribution is -0.133. The molecule has 6 nitrogen and oxygen atoms in total. The number of aliphatic carboxylic acids is 1. The lowest BCUT2D eigenvalue weighted by Gasteiger charge is -2.11. The van der Waals surface area contributed by atoms with E-state index in [0.717, 1.165) is 28.2 Å². The Morgan fingerprint density at radius 1 is 1.25 bits per heavy atom. The molecular weight excluding hydrogens is 394 g/mol. The van der Waals surface area contributed by atoms with Gasteiger partial charge in [-0.05, 0) is 48.5 Å². The molecule has 3 N–H and O–H groups in total. The number of hydrazone groups is 1. The van der Waals surface area contributed by atoms with E-state index in [0.29, 0.717) is 17.4 Å². The number of carbonyl (C=O) groups is 1. The average Bonchev–Trinajstić information content (AvgIpc) is 2.70. The number of hydrogen-bond donors (Lipinski definition) is 3. The minimum Gasteiger partial charge on any atom is -0.496 e. The molecule has 0 unspecified atom stereocenters. The van der Waals surface area contributed by atoms with Crippen molar-refractivity contribution in [3.8, 4) is 5.75 Å². The Bertz CT molecular complexity index is 842. The summed E-state index contributed by atoms with van der Waals surface area (Å²) < 4.78 is 5.36. The molecule has 0 fully saturated rings. The maximum Gasteiger partial charge on any atom is 0.313 e. The van der Waals surface area contributed by atoms with Crippen LogP contribution >= 0.6 is 24.0 Å². The fourth-order valence-electron chi connectivity index (χ4n) is 2.38. The Kier molecular flexibility index (Phi) is 8.77. The molecule has 0 aliphatic rings. The van der Waals surface area contributed by atoms with Crippen molar-refractivity contribution in [2.24, 2.45) is 5.10 Å². The number of rotatable bonds is 9. The monoisotopic (exact) mass is 417 g/mol. The van der Waals surface area contributed by atoms with Crippen LogP contribution in [0.5, 0.6) is 5.75 Å². The molecule has 0 aliphatic carbocycles. The van der Waals surface area contributed by atoms with Crippen LogP contribution in [0.4, 0.5) is 0 Å². The Labute approximate surface area is 174 Å². The van der Waals surface area contributed by atoms with Gasteiger partial charge in [-0.25, -0.2) is 0 Å². The number of nitrogens with zero attached hydrogens (tertiary/aromatic N) is 1. The van der Waals surface area contributed by atoms with E-state index in [-0.39, 0.29) is 5.75 Å². The molecule has 0 saturated carbocycles. The first-order valence-corrected chi connectivity index (χ1v) is 10.1. The quantitative estimate of drug-likeness (QED) is 0.328. The van der Waals surface area contributed by atoms with E-state index >= 15 is 0 Å². The Hall–Kier alpha value is -2.58. The number of methoxy groups -OCH3 is 1. The summed E-state index contributed by atoms with van der Waals surface area (Å²) in [7, 11) is 1.60. The first-order valence-electron chi connectivity index (χ1n) is 8.58. The molecule has 28 heavy (non-hydrogen) atoms. The van der Waals surface area contributed by atoms with Gasteiger partial charge in [0.05, 0.1) is 18.6 Å². The highest BCUT2D eigenvalue weighted by Crippen LogP contribution is 2.25. The van der Waals surface area contributed by atoms with Crippen LogP contribution in [0.25, 0.3) is 0 Å². The average molecular weight is 418 g/mol. The molecule has 0 radical (unpaired) electrons. The molecule has 0 heterocycles. The number of carboxylic acid groups (broad SMARTS) is 1. The van der Waals surface area contributed by atoms with Crippen LogP contribution in [0.3, 0.4) is 0 Å². The third kappa shape index (κ3) is 7.21.